The summed E-state index contributed by atoms with van der Waals surface area (Å²) >= 11 is 0. The van der Waals surface area contributed by atoms with Crippen LogP contribution < -0.4 is 4.74 Å². The highest BCUT2D eigenvalue weighted by molar-refractivity contribution is 7.96. The molecule has 0 amide bonds. The summed E-state index contributed by atoms with van der Waals surface area (Å²) in [7, 11) is 0.362. The highest BCUT2D eigenvalue weighted by atomic mass is 32.2. The van der Waals surface area contributed by atoms with E-state index >= 15 is 0 Å². The molecule has 0 saturated heterocycles. The van der Waals surface area contributed by atoms with Crippen LogP contribution >= 0.6 is 0 Å². The van der Waals surface area contributed by atoms with E-state index in [-0.39, 0.29) is 4.75 Å². The van der Waals surface area contributed by atoms with E-state index in [1.807, 2.05) is 24.3 Å². The molecule has 0 aliphatic rings. The topological polar surface area (TPSA) is 18.5 Å². The summed E-state index contributed by atoms with van der Waals surface area (Å²) < 4.78 is 11.6. The first kappa shape index (κ1) is 16.9. The van der Waals surface area contributed by atoms with Crippen molar-refractivity contribution in [3.63, 3.8) is 0 Å². The zero-order chi connectivity index (χ0) is 15.0. The summed E-state index contributed by atoms with van der Waals surface area (Å²) in [5.74, 6) is 3.44. The van der Waals surface area contributed by atoms with E-state index in [4.69, 9.17) is 15.9 Å². The van der Waals surface area contributed by atoms with Crippen molar-refractivity contribution < 1.29 is 9.47 Å². The predicted molar refractivity (Wildman–Crippen MR) is 88.6 cm³/mol. The molecule has 1 aromatic carbocycles. The minimum Gasteiger partial charge on any atom is -0.494 e. The maximum atomic E-state index is 5.73. The van der Waals surface area contributed by atoms with Gasteiger partial charge in [0.1, 0.15) is 10.5 Å². The molecule has 110 valence electrons. The minimum absolute atomic E-state index is 0.256. The number of hydrogen-bond donors (Lipinski definition) is 0. The Bertz CT molecular complexity index is 429. The fraction of sp³-hybridized carbons (Fsp3) is 0.529. The molecule has 1 rings (SSSR count). The molecule has 0 radical (unpaired) electrons. The predicted octanol–water partition coefficient (Wildman–Crippen LogP) is 3.11. The van der Waals surface area contributed by atoms with Gasteiger partial charge in [-0.3, -0.25) is 0 Å². The quantitative estimate of drug-likeness (QED) is 0.416. The molecule has 0 aliphatic carbocycles. The van der Waals surface area contributed by atoms with E-state index < -0.39 is 0 Å². The monoisotopic (exact) mass is 293 g/mol. The Morgan fingerprint density at radius 1 is 1.15 bits per heavy atom. The largest absolute Gasteiger partial charge is 0.494 e. The van der Waals surface area contributed by atoms with Gasteiger partial charge in [-0.15, -0.1) is 6.42 Å². The van der Waals surface area contributed by atoms with Crippen molar-refractivity contribution in [3.05, 3.63) is 29.8 Å². The molecule has 0 bridgehead atoms. The Morgan fingerprint density at radius 3 is 2.35 bits per heavy atom. The molecule has 0 atom stereocenters. The second-order valence-corrected chi connectivity index (χ2v) is 8.24. The van der Waals surface area contributed by atoms with Crippen molar-refractivity contribution in [1.29, 1.82) is 0 Å². The Labute approximate surface area is 126 Å². The second kappa shape index (κ2) is 8.24. The molecule has 0 spiro atoms. The van der Waals surface area contributed by atoms with Crippen molar-refractivity contribution in [1.82, 2.24) is 0 Å². The lowest BCUT2D eigenvalue weighted by Gasteiger charge is -2.20. The molecule has 0 unspecified atom stereocenters. The van der Waals surface area contributed by atoms with Gasteiger partial charge in [-0.2, -0.15) is 0 Å². The van der Waals surface area contributed by atoms with Crippen LogP contribution in [-0.2, 0) is 15.6 Å². The van der Waals surface area contributed by atoms with Gasteiger partial charge < -0.3 is 9.47 Å². The molecule has 0 saturated carbocycles. The first-order valence-electron chi connectivity index (χ1n) is 6.80. The van der Waals surface area contributed by atoms with Crippen LogP contribution in [0.15, 0.2) is 24.3 Å². The number of terminal acetylenes is 1. The molecule has 0 fully saturated rings. The van der Waals surface area contributed by atoms with Gasteiger partial charge >= 0.3 is 0 Å². The Balaban J connectivity index is 2.15. The smallest absolute Gasteiger partial charge is 0.145 e. The molecule has 0 heterocycles. The molecular weight excluding hydrogens is 268 g/mol. The molecule has 0 aromatic heterocycles. The van der Waals surface area contributed by atoms with Gasteiger partial charge in [0.05, 0.1) is 32.3 Å². The van der Waals surface area contributed by atoms with E-state index in [0.29, 0.717) is 17.5 Å². The maximum absolute atomic E-state index is 5.73. The fourth-order valence-electron chi connectivity index (χ4n) is 1.43. The van der Waals surface area contributed by atoms with E-state index in [1.165, 1.54) is 0 Å². The Morgan fingerprint density at radius 2 is 1.80 bits per heavy atom. The van der Waals surface area contributed by atoms with Gasteiger partial charge in [0.2, 0.25) is 0 Å². The number of hydrogen-bond acceptors (Lipinski definition) is 2. The SMILES string of the molecule is C#Cc1ccc(OCCCOCC(C)(C)[S+](C)C)cc1. The molecule has 20 heavy (non-hydrogen) atoms. The average molecular weight is 293 g/mol. The standard InChI is InChI=1S/C17H25O2S/c1-6-15-8-10-16(11-9-15)19-13-7-12-18-14-17(2,3)20(4)5/h1,8-11H,7,12-14H2,2-5H3/q+1. The minimum atomic E-state index is 0.256. The summed E-state index contributed by atoms with van der Waals surface area (Å²) in [6.45, 7) is 6.71. The lowest BCUT2D eigenvalue weighted by atomic mass is 10.2. The van der Waals surface area contributed by atoms with Gasteiger partial charge in [0.25, 0.3) is 0 Å². The van der Waals surface area contributed by atoms with Crippen molar-refractivity contribution in [3.8, 4) is 18.1 Å². The van der Waals surface area contributed by atoms with Gasteiger partial charge in [0, 0.05) is 12.0 Å². The normalized spacial score (nSPS) is 11.4. The highest BCUT2D eigenvalue weighted by Crippen LogP contribution is 2.16. The van der Waals surface area contributed by atoms with E-state index in [9.17, 15) is 0 Å². The number of benzene rings is 1. The van der Waals surface area contributed by atoms with Crippen molar-refractivity contribution >= 4 is 10.9 Å². The molecule has 1 aromatic rings. The van der Waals surface area contributed by atoms with Gasteiger partial charge in [-0.1, -0.05) is 5.92 Å². The van der Waals surface area contributed by atoms with Crippen molar-refractivity contribution in [2.24, 2.45) is 0 Å². The van der Waals surface area contributed by atoms with Crippen LogP contribution in [0.3, 0.4) is 0 Å². The van der Waals surface area contributed by atoms with Gasteiger partial charge in [-0.05, 0) is 49.0 Å². The van der Waals surface area contributed by atoms with Crippen LogP contribution in [0.1, 0.15) is 25.8 Å². The lowest BCUT2D eigenvalue weighted by molar-refractivity contribution is 0.106. The highest BCUT2D eigenvalue weighted by Gasteiger charge is 2.31. The van der Waals surface area contributed by atoms with Gasteiger partial charge in [0.15, 0.2) is 0 Å². The third-order valence-corrected chi connectivity index (χ3v) is 5.61. The summed E-state index contributed by atoms with van der Waals surface area (Å²) in [5, 5.41) is 0. The number of ether oxygens (including phenoxy) is 2. The van der Waals surface area contributed by atoms with E-state index in [0.717, 1.165) is 30.9 Å². The fourth-order valence-corrected chi connectivity index (χ4v) is 1.75. The molecule has 3 heteroatoms. The third kappa shape index (κ3) is 5.90. The van der Waals surface area contributed by atoms with Crippen LogP contribution in [0.5, 0.6) is 5.75 Å². The van der Waals surface area contributed by atoms with E-state index in [2.05, 4.69) is 32.3 Å². The zero-order valence-corrected chi connectivity index (χ0v) is 13.8. The molecular formula is C17H25O2S+. The van der Waals surface area contributed by atoms with Gasteiger partial charge in [-0.25, -0.2) is 0 Å². The molecule has 2 nitrogen and oxygen atoms in total. The van der Waals surface area contributed by atoms with Crippen LogP contribution in [0, 0.1) is 12.3 Å². The maximum Gasteiger partial charge on any atom is 0.145 e. The summed E-state index contributed by atoms with van der Waals surface area (Å²) in [6.07, 6.45) is 10.7. The van der Waals surface area contributed by atoms with Crippen molar-refractivity contribution in [2.45, 2.75) is 25.0 Å². The average Bonchev–Trinajstić information content (AvgIpc) is 2.43. The van der Waals surface area contributed by atoms with Crippen LogP contribution in [0.2, 0.25) is 0 Å². The third-order valence-electron chi connectivity index (χ3n) is 3.28. The van der Waals surface area contributed by atoms with E-state index in [1.54, 1.807) is 0 Å². The summed E-state index contributed by atoms with van der Waals surface area (Å²) in [5.41, 5.74) is 0.873. The molecule has 0 aliphatic heterocycles. The lowest BCUT2D eigenvalue weighted by Crippen LogP contribution is -2.35. The van der Waals surface area contributed by atoms with Crippen LogP contribution in [-0.4, -0.2) is 37.1 Å². The summed E-state index contributed by atoms with van der Waals surface area (Å²) in [6, 6.07) is 7.58. The van der Waals surface area contributed by atoms with Crippen LogP contribution in [0.25, 0.3) is 0 Å². The molecule has 0 N–H and O–H groups in total. The Hall–Kier alpha value is -1.11. The first-order chi connectivity index (χ1) is 9.45. The van der Waals surface area contributed by atoms with Crippen LogP contribution in [0.4, 0.5) is 0 Å². The Kier molecular flexibility index (Phi) is 6.98. The summed E-state index contributed by atoms with van der Waals surface area (Å²) in [4.78, 5) is 0. The first-order valence-corrected chi connectivity index (χ1v) is 8.85. The second-order valence-electron chi connectivity index (χ2n) is 5.50. The number of rotatable bonds is 8. The van der Waals surface area contributed by atoms with Crippen molar-refractivity contribution in [2.75, 3.05) is 32.3 Å². The zero-order valence-electron chi connectivity index (χ0n) is 12.9.